The van der Waals surface area contributed by atoms with Crippen molar-refractivity contribution in [2.75, 3.05) is 7.11 Å². The summed E-state index contributed by atoms with van der Waals surface area (Å²) >= 11 is 0. The van der Waals surface area contributed by atoms with E-state index in [0.29, 0.717) is 18.4 Å². The lowest BCUT2D eigenvalue weighted by Gasteiger charge is -2.13. The molecule has 1 fully saturated rings. The molecular weight excluding hydrogens is 264 g/mol. The van der Waals surface area contributed by atoms with E-state index >= 15 is 0 Å². The molecule has 1 aromatic carbocycles. The second-order valence-electron chi connectivity index (χ2n) is 4.04. The van der Waals surface area contributed by atoms with Gasteiger partial charge in [-0.1, -0.05) is 12.1 Å². The number of hydrogen-bond acceptors (Lipinski definition) is 4. The Hall–Kier alpha value is -1.07. The summed E-state index contributed by atoms with van der Waals surface area (Å²) < 4.78 is 27.2. The van der Waals surface area contributed by atoms with Crippen molar-refractivity contribution >= 4 is 25.7 Å². The number of rotatable bonds is 3. The van der Waals surface area contributed by atoms with E-state index in [1.54, 1.807) is 12.1 Å². The minimum absolute atomic E-state index is 0.00634. The minimum atomic E-state index is -3.77. The Morgan fingerprint density at radius 1 is 1.41 bits per heavy atom. The van der Waals surface area contributed by atoms with Crippen molar-refractivity contribution in [3.63, 3.8) is 0 Å². The molecule has 17 heavy (non-hydrogen) atoms. The lowest BCUT2D eigenvalue weighted by molar-refractivity contribution is -0.143. The fourth-order valence-electron chi connectivity index (χ4n) is 1.88. The first-order valence-electron chi connectivity index (χ1n) is 5.04. The van der Waals surface area contributed by atoms with Gasteiger partial charge in [-0.2, -0.15) is 0 Å². The largest absolute Gasteiger partial charge is 0.468 e. The Kier molecular flexibility index (Phi) is 2.91. The van der Waals surface area contributed by atoms with Crippen LogP contribution in [0.25, 0.3) is 0 Å². The summed E-state index contributed by atoms with van der Waals surface area (Å²) in [4.78, 5) is 11.7. The van der Waals surface area contributed by atoms with Crippen LogP contribution in [0.2, 0.25) is 0 Å². The van der Waals surface area contributed by atoms with E-state index in [2.05, 4.69) is 0 Å². The van der Waals surface area contributed by atoms with Gasteiger partial charge in [-0.3, -0.25) is 4.79 Å². The number of benzene rings is 1. The van der Waals surface area contributed by atoms with Crippen LogP contribution in [-0.2, 0) is 24.0 Å². The molecule has 0 aliphatic heterocycles. The second kappa shape index (κ2) is 3.99. The number of methoxy groups -OCH3 is 1. The van der Waals surface area contributed by atoms with Crippen LogP contribution in [0.15, 0.2) is 29.2 Å². The third-order valence-corrected chi connectivity index (χ3v) is 4.35. The lowest BCUT2D eigenvalue weighted by atomic mass is 9.96. The molecule has 1 aliphatic carbocycles. The monoisotopic (exact) mass is 274 g/mol. The standard InChI is InChI=1S/C11H11ClO4S/c1-16-10(13)11(5-6-11)8-3-2-4-9(7-8)17(12,14)15/h2-4,7H,5-6H2,1H3. The smallest absolute Gasteiger partial charge is 0.316 e. The van der Waals surface area contributed by atoms with Crippen LogP contribution >= 0.6 is 10.7 Å². The molecule has 0 N–H and O–H groups in total. The fraction of sp³-hybridized carbons (Fsp3) is 0.364. The minimum Gasteiger partial charge on any atom is -0.468 e. The highest BCUT2D eigenvalue weighted by Crippen LogP contribution is 2.49. The maximum atomic E-state index is 11.7. The lowest BCUT2D eigenvalue weighted by Crippen LogP contribution is -2.22. The molecule has 92 valence electrons. The van der Waals surface area contributed by atoms with Crippen molar-refractivity contribution in [2.24, 2.45) is 0 Å². The zero-order valence-electron chi connectivity index (χ0n) is 9.14. The highest BCUT2D eigenvalue weighted by atomic mass is 35.7. The Labute approximate surface area is 104 Å². The Balaban J connectivity index is 2.45. The molecule has 6 heteroatoms. The third-order valence-electron chi connectivity index (χ3n) is 2.99. The topological polar surface area (TPSA) is 60.4 Å². The zero-order valence-corrected chi connectivity index (χ0v) is 10.7. The first-order chi connectivity index (χ1) is 7.90. The van der Waals surface area contributed by atoms with E-state index in [0.717, 1.165) is 0 Å². The van der Waals surface area contributed by atoms with E-state index in [1.165, 1.54) is 19.2 Å². The van der Waals surface area contributed by atoms with Crippen molar-refractivity contribution in [2.45, 2.75) is 23.2 Å². The average Bonchev–Trinajstić information content (AvgIpc) is 3.08. The summed E-state index contributed by atoms with van der Waals surface area (Å²) in [5.41, 5.74) is -0.0298. The quantitative estimate of drug-likeness (QED) is 0.623. The van der Waals surface area contributed by atoms with Gasteiger partial charge < -0.3 is 4.74 Å². The van der Waals surface area contributed by atoms with Crippen LogP contribution in [0.3, 0.4) is 0 Å². The molecule has 0 saturated heterocycles. The van der Waals surface area contributed by atoms with Gasteiger partial charge in [0.1, 0.15) is 0 Å². The van der Waals surface area contributed by atoms with Crippen molar-refractivity contribution in [1.29, 1.82) is 0 Å². The molecule has 0 amide bonds. The van der Waals surface area contributed by atoms with E-state index in [-0.39, 0.29) is 10.9 Å². The van der Waals surface area contributed by atoms with Crippen molar-refractivity contribution in [1.82, 2.24) is 0 Å². The van der Waals surface area contributed by atoms with Gasteiger partial charge in [0.05, 0.1) is 17.4 Å². The predicted octanol–water partition coefficient (Wildman–Crippen LogP) is 1.82. The van der Waals surface area contributed by atoms with Gasteiger partial charge in [-0.05, 0) is 30.5 Å². The van der Waals surface area contributed by atoms with Gasteiger partial charge in [0, 0.05) is 10.7 Å². The fourth-order valence-corrected chi connectivity index (χ4v) is 2.67. The molecule has 4 nitrogen and oxygen atoms in total. The molecule has 0 unspecified atom stereocenters. The zero-order chi connectivity index (χ0) is 12.7. The van der Waals surface area contributed by atoms with Crippen molar-refractivity contribution in [3.8, 4) is 0 Å². The summed E-state index contributed by atoms with van der Waals surface area (Å²) in [5.74, 6) is -0.332. The molecule has 0 aromatic heterocycles. The molecule has 1 aromatic rings. The van der Waals surface area contributed by atoms with Crippen LogP contribution < -0.4 is 0 Å². The number of carbonyl (C=O) groups is 1. The molecule has 0 bridgehead atoms. The van der Waals surface area contributed by atoms with Gasteiger partial charge in [0.25, 0.3) is 9.05 Å². The number of halogens is 1. The van der Waals surface area contributed by atoms with Crippen LogP contribution in [0.4, 0.5) is 0 Å². The second-order valence-corrected chi connectivity index (χ2v) is 6.61. The highest BCUT2D eigenvalue weighted by molar-refractivity contribution is 8.13. The molecule has 0 spiro atoms. The first-order valence-corrected chi connectivity index (χ1v) is 7.35. The number of hydrogen-bond donors (Lipinski definition) is 0. The van der Waals surface area contributed by atoms with Gasteiger partial charge in [-0.15, -0.1) is 0 Å². The number of carbonyl (C=O) groups excluding carboxylic acids is 1. The molecule has 0 radical (unpaired) electrons. The van der Waals surface area contributed by atoms with Gasteiger partial charge in [0.2, 0.25) is 0 Å². The van der Waals surface area contributed by atoms with Crippen molar-refractivity contribution < 1.29 is 17.9 Å². The van der Waals surface area contributed by atoms with E-state index in [9.17, 15) is 13.2 Å². The summed E-state index contributed by atoms with van der Waals surface area (Å²) in [5, 5.41) is 0. The van der Waals surface area contributed by atoms with Crippen LogP contribution in [0.1, 0.15) is 18.4 Å². The van der Waals surface area contributed by atoms with E-state index < -0.39 is 14.5 Å². The number of esters is 1. The Bertz CT molecular complexity index is 561. The van der Waals surface area contributed by atoms with E-state index in [4.69, 9.17) is 15.4 Å². The normalized spacial score (nSPS) is 17.5. The Morgan fingerprint density at radius 3 is 2.53 bits per heavy atom. The van der Waals surface area contributed by atoms with Gasteiger partial charge >= 0.3 is 5.97 Å². The van der Waals surface area contributed by atoms with Gasteiger partial charge in [0.15, 0.2) is 0 Å². The van der Waals surface area contributed by atoms with Crippen LogP contribution in [0, 0.1) is 0 Å². The molecule has 1 aliphatic rings. The van der Waals surface area contributed by atoms with Crippen molar-refractivity contribution in [3.05, 3.63) is 29.8 Å². The molecule has 1 saturated carbocycles. The highest BCUT2D eigenvalue weighted by Gasteiger charge is 2.52. The molecular formula is C11H11ClO4S. The van der Waals surface area contributed by atoms with E-state index in [1.807, 2.05) is 0 Å². The maximum Gasteiger partial charge on any atom is 0.316 e. The summed E-state index contributed by atoms with van der Waals surface area (Å²) in [6, 6.07) is 6.13. The predicted molar refractivity (Wildman–Crippen MR) is 62.4 cm³/mol. The third kappa shape index (κ3) is 2.17. The summed E-state index contributed by atoms with van der Waals surface area (Å²) in [6.07, 6.45) is 1.34. The van der Waals surface area contributed by atoms with Crippen LogP contribution in [0.5, 0.6) is 0 Å². The molecule has 0 heterocycles. The maximum absolute atomic E-state index is 11.7. The van der Waals surface area contributed by atoms with Gasteiger partial charge in [-0.25, -0.2) is 8.42 Å². The summed E-state index contributed by atoms with van der Waals surface area (Å²) in [7, 11) is 2.82. The van der Waals surface area contributed by atoms with Crippen LogP contribution in [-0.4, -0.2) is 21.5 Å². The molecule has 2 rings (SSSR count). The average molecular weight is 275 g/mol. The Morgan fingerprint density at radius 2 is 2.06 bits per heavy atom. The number of ether oxygens (including phenoxy) is 1. The SMILES string of the molecule is COC(=O)C1(c2cccc(S(=O)(=O)Cl)c2)CC1. The first kappa shape index (κ1) is 12.4. The summed E-state index contributed by atoms with van der Waals surface area (Å²) in [6.45, 7) is 0. The molecule has 0 atom stereocenters.